The summed E-state index contributed by atoms with van der Waals surface area (Å²) < 4.78 is 26.4. The molecule has 3 N–H and O–H groups in total. The summed E-state index contributed by atoms with van der Waals surface area (Å²) in [6.07, 6.45) is 0. The minimum absolute atomic E-state index is 0.125. The van der Waals surface area contributed by atoms with Gasteiger partial charge in [0.25, 0.3) is 0 Å². The third-order valence-corrected chi connectivity index (χ3v) is 5.80. The van der Waals surface area contributed by atoms with Crippen molar-refractivity contribution in [3.05, 3.63) is 24.3 Å². The molecule has 120 valence electrons. The second kappa shape index (κ2) is 9.30. The molecule has 0 heterocycles. The average Bonchev–Trinajstić information content (AvgIpc) is 2.45. The van der Waals surface area contributed by atoms with Crippen molar-refractivity contribution < 1.29 is 8.42 Å². The van der Waals surface area contributed by atoms with E-state index < -0.39 is 10.0 Å². The van der Waals surface area contributed by atoms with Crippen molar-refractivity contribution >= 4 is 27.5 Å². The first-order valence-corrected chi connectivity index (χ1v) is 9.78. The molecular weight excluding hydrogens is 306 g/mol. The second-order valence-corrected chi connectivity index (χ2v) is 7.75. The Morgan fingerprint density at radius 2 is 1.81 bits per heavy atom. The average molecular weight is 332 g/mol. The van der Waals surface area contributed by atoms with Gasteiger partial charge in [0.15, 0.2) is 0 Å². The van der Waals surface area contributed by atoms with Crippen LogP contribution in [0.5, 0.6) is 0 Å². The van der Waals surface area contributed by atoms with E-state index in [1.54, 1.807) is 0 Å². The van der Waals surface area contributed by atoms with Gasteiger partial charge in [0, 0.05) is 29.4 Å². The number of nitrogens with two attached hydrogens (primary N) is 1. The molecule has 0 unspecified atom stereocenters. The smallest absolute Gasteiger partial charge is 0.212 e. The summed E-state index contributed by atoms with van der Waals surface area (Å²) in [6.45, 7) is 7.23. The molecule has 7 heteroatoms. The first kappa shape index (κ1) is 18.3. The van der Waals surface area contributed by atoms with E-state index in [0.717, 1.165) is 24.5 Å². The summed E-state index contributed by atoms with van der Waals surface area (Å²) in [6, 6.07) is 7.44. The van der Waals surface area contributed by atoms with Crippen LogP contribution < -0.4 is 10.5 Å². The number of sulfonamides is 1. The molecule has 1 rings (SSSR count). The summed E-state index contributed by atoms with van der Waals surface area (Å²) in [4.78, 5) is 3.22. The number of hydrogen-bond acceptors (Lipinski definition) is 5. The van der Waals surface area contributed by atoms with Crippen LogP contribution >= 0.6 is 11.8 Å². The molecule has 0 radical (unpaired) electrons. The van der Waals surface area contributed by atoms with Gasteiger partial charge in [-0.1, -0.05) is 13.8 Å². The molecule has 0 aliphatic rings. The quantitative estimate of drug-likeness (QED) is 0.503. The molecule has 0 fully saturated rings. The molecule has 0 bridgehead atoms. The maximum absolute atomic E-state index is 11.9. The van der Waals surface area contributed by atoms with Crippen LogP contribution in [0.15, 0.2) is 29.2 Å². The molecule has 1 aromatic carbocycles. The zero-order valence-electron chi connectivity index (χ0n) is 12.7. The van der Waals surface area contributed by atoms with Crippen molar-refractivity contribution in [2.45, 2.75) is 18.7 Å². The number of nitrogen functional groups attached to an aromatic ring is 1. The van der Waals surface area contributed by atoms with Crippen LogP contribution in [0.2, 0.25) is 0 Å². The third kappa shape index (κ3) is 7.71. The van der Waals surface area contributed by atoms with E-state index >= 15 is 0 Å². The zero-order chi connectivity index (χ0) is 15.7. The Labute approximate surface area is 132 Å². The van der Waals surface area contributed by atoms with Crippen molar-refractivity contribution in [2.75, 3.05) is 43.4 Å². The Hall–Kier alpha value is -0.760. The topological polar surface area (TPSA) is 75.4 Å². The Kier molecular flexibility index (Phi) is 8.10. The summed E-state index contributed by atoms with van der Waals surface area (Å²) in [5, 5.41) is 0. The Morgan fingerprint density at radius 1 is 1.19 bits per heavy atom. The fraction of sp³-hybridized carbons (Fsp3) is 0.571. The van der Waals surface area contributed by atoms with E-state index in [4.69, 9.17) is 5.73 Å². The molecule has 21 heavy (non-hydrogen) atoms. The highest BCUT2D eigenvalue weighted by molar-refractivity contribution is 8.00. The lowest BCUT2D eigenvalue weighted by Crippen LogP contribution is -2.36. The van der Waals surface area contributed by atoms with Crippen LogP contribution in [0.4, 0.5) is 5.69 Å². The lowest BCUT2D eigenvalue weighted by atomic mass is 10.3. The van der Waals surface area contributed by atoms with Gasteiger partial charge < -0.3 is 10.6 Å². The normalized spacial score (nSPS) is 12.0. The first-order valence-electron chi connectivity index (χ1n) is 7.15. The molecule has 0 spiro atoms. The van der Waals surface area contributed by atoms with Crippen molar-refractivity contribution in [3.8, 4) is 0 Å². The maximum atomic E-state index is 11.9. The molecule has 0 saturated carbocycles. The maximum Gasteiger partial charge on any atom is 0.212 e. The minimum Gasteiger partial charge on any atom is -0.399 e. The molecule has 0 amide bonds. The van der Waals surface area contributed by atoms with Crippen molar-refractivity contribution in [3.63, 3.8) is 0 Å². The summed E-state index contributed by atoms with van der Waals surface area (Å²) in [5.74, 6) is 0.658. The van der Waals surface area contributed by atoms with Gasteiger partial charge in [-0.15, -0.1) is 11.8 Å². The van der Waals surface area contributed by atoms with Crippen LogP contribution in [0, 0.1) is 0 Å². The largest absolute Gasteiger partial charge is 0.399 e. The monoisotopic (exact) mass is 331 g/mol. The molecule has 0 saturated heterocycles. The lowest BCUT2D eigenvalue weighted by Gasteiger charge is -2.17. The standard InChI is InChI=1S/C14H25N3O2S2/c1-3-17(4-2)10-9-16-21(18,19)12-11-20-14-7-5-13(15)6-8-14/h5-8,16H,3-4,9-12,15H2,1-2H3. The Balaban J connectivity index is 2.28. The molecule has 5 nitrogen and oxygen atoms in total. The molecule has 0 aromatic heterocycles. The highest BCUT2D eigenvalue weighted by Crippen LogP contribution is 2.19. The predicted octanol–water partition coefficient (Wildman–Crippen LogP) is 1.62. The number of rotatable bonds is 10. The van der Waals surface area contributed by atoms with Gasteiger partial charge in [-0.05, 0) is 37.4 Å². The number of nitrogens with one attached hydrogen (secondary N) is 1. The highest BCUT2D eigenvalue weighted by Gasteiger charge is 2.10. The summed E-state index contributed by atoms with van der Waals surface area (Å²) in [7, 11) is -3.19. The van der Waals surface area contributed by atoms with Gasteiger partial charge in [0.05, 0.1) is 5.75 Å². The van der Waals surface area contributed by atoms with E-state index in [-0.39, 0.29) is 5.75 Å². The fourth-order valence-electron chi connectivity index (χ4n) is 1.80. The number of nitrogens with zero attached hydrogens (tertiary/aromatic N) is 1. The van der Waals surface area contributed by atoms with E-state index in [0.29, 0.717) is 18.0 Å². The van der Waals surface area contributed by atoms with Crippen LogP contribution in [-0.4, -0.2) is 51.0 Å². The van der Waals surface area contributed by atoms with Gasteiger partial charge in [0.1, 0.15) is 0 Å². The van der Waals surface area contributed by atoms with E-state index in [1.807, 2.05) is 24.3 Å². The molecule has 0 aliphatic heterocycles. The molecule has 0 aliphatic carbocycles. The van der Waals surface area contributed by atoms with Gasteiger partial charge in [-0.2, -0.15) is 0 Å². The minimum atomic E-state index is -3.19. The van der Waals surface area contributed by atoms with Crippen molar-refractivity contribution in [1.82, 2.24) is 9.62 Å². The Bertz CT molecular complexity index is 499. The zero-order valence-corrected chi connectivity index (χ0v) is 14.3. The van der Waals surface area contributed by atoms with Gasteiger partial charge in [-0.3, -0.25) is 0 Å². The number of benzene rings is 1. The van der Waals surface area contributed by atoms with Crippen LogP contribution in [0.1, 0.15) is 13.8 Å². The fourth-order valence-corrected chi connectivity index (χ4v) is 4.13. The van der Waals surface area contributed by atoms with Gasteiger partial charge in [-0.25, -0.2) is 13.1 Å². The molecule has 0 atom stereocenters. The summed E-state index contributed by atoms with van der Waals surface area (Å²) >= 11 is 1.52. The molecule has 1 aromatic rings. The van der Waals surface area contributed by atoms with E-state index in [2.05, 4.69) is 23.5 Å². The number of hydrogen-bond donors (Lipinski definition) is 2. The van der Waals surface area contributed by atoms with Crippen molar-refractivity contribution in [1.29, 1.82) is 0 Å². The second-order valence-electron chi connectivity index (χ2n) is 4.66. The third-order valence-electron chi connectivity index (χ3n) is 3.15. The SMILES string of the molecule is CCN(CC)CCNS(=O)(=O)CCSc1ccc(N)cc1. The summed E-state index contributed by atoms with van der Waals surface area (Å²) in [5.41, 5.74) is 6.32. The van der Waals surface area contributed by atoms with Gasteiger partial charge in [0.2, 0.25) is 10.0 Å². The van der Waals surface area contributed by atoms with Crippen LogP contribution in [0.3, 0.4) is 0 Å². The lowest BCUT2D eigenvalue weighted by molar-refractivity contribution is 0.309. The van der Waals surface area contributed by atoms with Crippen LogP contribution in [0.25, 0.3) is 0 Å². The van der Waals surface area contributed by atoms with E-state index in [1.165, 1.54) is 11.8 Å². The Morgan fingerprint density at radius 3 is 2.38 bits per heavy atom. The van der Waals surface area contributed by atoms with Gasteiger partial charge >= 0.3 is 0 Å². The predicted molar refractivity (Wildman–Crippen MR) is 91.2 cm³/mol. The van der Waals surface area contributed by atoms with Crippen molar-refractivity contribution in [2.24, 2.45) is 0 Å². The van der Waals surface area contributed by atoms with E-state index in [9.17, 15) is 8.42 Å². The number of anilines is 1. The number of likely N-dealkylation sites (N-methyl/N-ethyl adjacent to an activating group) is 1. The van der Waals surface area contributed by atoms with Crippen LogP contribution in [-0.2, 0) is 10.0 Å². The molecular formula is C14H25N3O2S2. The highest BCUT2D eigenvalue weighted by atomic mass is 32.2. The number of thioether (sulfide) groups is 1. The first-order chi connectivity index (χ1) is 9.96.